The van der Waals surface area contributed by atoms with Crippen molar-refractivity contribution in [2.24, 2.45) is 0 Å². The van der Waals surface area contributed by atoms with Crippen LogP contribution in [0.3, 0.4) is 0 Å². The third kappa shape index (κ3) is 5.20. The van der Waals surface area contributed by atoms with Gasteiger partial charge < -0.3 is 13.7 Å². The molecule has 11 rings (SSSR count). The molecule has 0 saturated carbocycles. The topological polar surface area (TPSA) is 29.5 Å². The zero-order chi connectivity index (χ0) is 36.3. The fourth-order valence-electron chi connectivity index (χ4n) is 8.30. The first kappa shape index (κ1) is 31.2. The van der Waals surface area contributed by atoms with E-state index in [2.05, 4.69) is 193 Å². The van der Waals surface area contributed by atoms with E-state index in [1.807, 2.05) is 12.1 Å². The number of fused-ring (bicyclic) bond motifs is 8. The molecule has 258 valence electrons. The number of benzene rings is 9. The smallest absolute Gasteiger partial charge is 0.136 e. The quantitative estimate of drug-likeness (QED) is 0.173. The van der Waals surface area contributed by atoms with E-state index in [0.29, 0.717) is 0 Å². The highest BCUT2D eigenvalue weighted by Crippen LogP contribution is 2.45. The first-order valence-corrected chi connectivity index (χ1v) is 18.7. The minimum Gasteiger partial charge on any atom is -0.456 e. The lowest BCUT2D eigenvalue weighted by molar-refractivity contribution is 0.668. The molecule has 0 spiro atoms. The molecular formula is C52H33NO2. The number of hydrogen-bond acceptors (Lipinski definition) is 3. The molecule has 2 aromatic heterocycles. The predicted molar refractivity (Wildman–Crippen MR) is 229 cm³/mol. The van der Waals surface area contributed by atoms with Crippen LogP contribution < -0.4 is 4.90 Å². The van der Waals surface area contributed by atoms with Crippen molar-refractivity contribution in [3.05, 3.63) is 200 Å². The maximum Gasteiger partial charge on any atom is 0.136 e. The molecule has 0 fully saturated rings. The van der Waals surface area contributed by atoms with Gasteiger partial charge in [-0.1, -0.05) is 140 Å². The van der Waals surface area contributed by atoms with Gasteiger partial charge in [-0.3, -0.25) is 0 Å². The molecule has 0 unspecified atom stereocenters. The molecule has 3 heteroatoms. The highest BCUT2D eigenvalue weighted by Gasteiger charge is 2.20. The molecule has 0 aliphatic carbocycles. The normalized spacial score (nSPS) is 11.6. The first-order valence-electron chi connectivity index (χ1n) is 18.7. The van der Waals surface area contributed by atoms with Crippen LogP contribution in [0.2, 0.25) is 0 Å². The second-order valence-corrected chi connectivity index (χ2v) is 14.1. The first-order chi connectivity index (χ1) is 27.3. The average Bonchev–Trinajstić information content (AvgIpc) is 3.83. The Balaban J connectivity index is 1.09. The third-order valence-electron chi connectivity index (χ3n) is 10.9. The van der Waals surface area contributed by atoms with E-state index in [1.165, 1.54) is 27.6 Å². The van der Waals surface area contributed by atoms with Crippen molar-refractivity contribution in [3.8, 4) is 33.4 Å². The summed E-state index contributed by atoms with van der Waals surface area (Å²) in [7, 11) is 0. The number of rotatable bonds is 6. The van der Waals surface area contributed by atoms with Crippen LogP contribution in [-0.2, 0) is 0 Å². The Hall–Kier alpha value is -7.36. The molecule has 0 saturated heterocycles. The summed E-state index contributed by atoms with van der Waals surface area (Å²) in [4.78, 5) is 2.34. The number of furan rings is 2. The lowest BCUT2D eigenvalue weighted by Gasteiger charge is -2.26. The molecule has 3 nitrogen and oxygen atoms in total. The van der Waals surface area contributed by atoms with Crippen molar-refractivity contribution in [3.63, 3.8) is 0 Å². The molecule has 0 radical (unpaired) electrons. The van der Waals surface area contributed by atoms with Crippen molar-refractivity contribution < 1.29 is 8.83 Å². The van der Waals surface area contributed by atoms with Crippen LogP contribution in [0.25, 0.3) is 88.0 Å². The van der Waals surface area contributed by atoms with Crippen LogP contribution in [0.5, 0.6) is 0 Å². The van der Waals surface area contributed by atoms with Crippen molar-refractivity contribution in [2.45, 2.75) is 0 Å². The number of hydrogen-bond donors (Lipinski definition) is 0. The van der Waals surface area contributed by atoms with Gasteiger partial charge in [0, 0.05) is 38.6 Å². The molecule has 0 bridgehead atoms. The molecule has 0 amide bonds. The minimum atomic E-state index is 0.854. The standard InChI is InChI=1S/C52H33NO2/c1-3-12-34(13-4-1)36-22-26-38(27-23-36)53(39-28-24-37(25-29-39)35-14-5-2-6-15-35)40-30-31-48-46(32-40)52-42-17-8-7-16-41(42)45(33-50(52)55-48)43-19-11-21-49-51(43)44-18-9-10-20-47(44)54-49/h1-33H. The van der Waals surface area contributed by atoms with Crippen LogP contribution in [0.4, 0.5) is 17.1 Å². The Morgan fingerprint density at radius 1 is 0.273 bits per heavy atom. The Labute approximate surface area is 317 Å². The largest absolute Gasteiger partial charge is 0.456 e. The molecule has 0 atom stereocenters. The Morgan fingerprint density at radius 3 is 1.45 bits per heavy atom. The summed E-state index contributed by atoms with van der Waals surface area (Å²) in [5, 5.41) is 6.74. The lowest BCUT2D eigenvalue weighted by Crippen LogP contribution is -2.09. The van der Waals surface area contributed by atoms with Gasteiger partial charge in [-0.15, -0.1) is 0 Å². The fraction of sp³-hybridized carbons (Fsp3) is 0. The van der Waals surface area contributed by atoms with Gasteiger partial charge in [0.05, 0.1) is 0 Å². The van der Waals surface area contributed by atoms with Gasteiger partial charge in [-0.25, -0.2) is 0 Å². The summed E-state index contributed by atoms with van der Waals surface area (Å²) in [6.45, 7) is 0. The van der Waals surface area contributed by atoms with Gasteiger partial charge in [-0.2, -0.15) is 0 Å². The summed E-state index contributed by atoms with van der Waals surface area (Å²) in [5.74, 6) is 0. The molecule has 2 heterocycles. The maximum atomic E-state index is 6.74. The van der Waals surface area contributed by atoms with Crippen molar-refractivity contribution in [1.82, 2.24) is 0 Å². The van der Waals surface area contributed by atoms with Gasteiger partial charge in [-0.05, 0) is 105 Å². The third-order valence-corrected chi connectivity index (χ3v) is 10.9. The average molecular weight is 704 g/mol. The van der Waals surface area contributed by atoms with Crippen LogP contribution >= 0.6 is 0 Å². The van der Waals surface area contributed by atoms with E-state index < -0.39 is 0 Å². The van der Waals surface area contributed by atoms with Crippen molar-refractivity contribution in [1.29, 1.82) is 0 Å². The summed E-state index contributed by atoms with van der Waals surface area (Å²) < 4.78 is 13.0. The molecule has 0 aliphatic rings. The summed E-state index contributed by atoms with van der Waals surface area (Å²) in [5.41, 5.74) is 13.7. The lowest BCUT2D eigenvalue weighted by atomic mass is 9.92. The zero-order valence-corrected chi connectivity index (χ0v) is 29.8. The van der Waals surface area contributed by atoms with E-state index in [1.54, 1.807) is 0 Å². The van der Waals surface area contributed by atoms with Gasteiger partial charge >= 0.3 is 0 Å². The number of nitrogens with zero attached hydrogens (tertiary/aromatic N) is 1. The van der Waals surface area contributed by atoms with E-state index in [4.69, 9.17) is 8.83 Å². The maximum absolute atomic E-state index is 6.74. The summed E-state index contributed by atoms with van der Waals surface area (Å²) >= 11 is 0. The Kier molecular flexibility index (Phi) is 7.17. The van der Waals surface area contributed by atoms with E-state index in [9.17, 15) is 0 Å². The van der Waals surface area contributed by atoms with Gasteiger partial charge in [0.25, 0.3) is 0 Å². The second kappa shape index (κ2) is 12.6. The molecule has 55 heavy (non-hydrogen) atoms. The van der Waals surface area contributed by atoms with E-state index >= 15 is 0 Å². The minimum absolute atomic E-state index is 0.854. The highest BCUT2D eigenvalue weighted by molar-refractivity contribution is 6.24. The van der Waals surface area contributed by atoms with Crippen molar-refractivity contribution >= 4 is 71.7 Å². The monoisotopic (exact) mass is 703 g/mol. The summed E-state index contributed by atoms with van der Waals surface area (Å²) in [6.07, 6.45) is 0. The Bertz CT molecular complexity index is 3090. The van der Waals surface area contributed by atoms with Crippen molar-refractivity contribution in [2.75, 3.05) is 4.90 Å². The van der Waals surface area contributed by atoms with Gasteiger partial charge in [0.2, 0.25) is 0 Å². The van der Waals surface area contributed by atoms with Crippen LogP contribution in [0.15, 0.2) is 209 Å². The SMILES string of the molecule is c1ccc(-c2ccc(N(c3ccc(-c4ccccc4)cc3)c3ccc4oc5cc(-c6cccc7oc8ccccc8c67)c6ccccc6c5c4c3)cc2)cc1. The van der Waals surface area contributed by atoms with E-state index in [-0.39, 0.29) is 0 Å². The molecule has 0 N–H and O–H groups in total. The molecule has 11 aromatic rings. The highest BCUT2D eigenvalue weighted by atomic mass is 16.3. The molecular weight excluding hydrogens is 671 g/mol. The van der Waals surface area contributed by atoms with Crippen LogP contribution in [0.1, 0.15) is 0 Å². The van der Waals surface area contributed by atoms with Gasteiger partial charge in [0.1, 0.15) is 22.3 Å². The van der Waals surface area contributed by atoms with E-state index in [0.717, 1.165) is 77.5 Å². The zero-order valence-electron chi connectivity index (χ0n) is 29.8. The number of para-hydroxylation sites is 1. The van der Waals surface area contributed by atoms with Gasteiger partial charge in [0.15, 0.2) is 0 Å². The fourth-order valence-corrected chi connectivity index (χ4v) is 8.30. The van der Waals surface area contributed by atoms with Crippen LogP contribution in [-0.4, -0.2) is 0 Å². The Morgan fingerprint density at radius 2 is 0.782 bits per heavy atom. The second-order valence-electron chi connectivity index (χ2n) is 14.1. The summed E-state index contributed by atoms with van der Waals surface area (Å²) in [6, 6.07) is 70.9. The van der Waals surface area contributed by atoms with Crippen LogP contribution in [0, 0.1) is 0 Å². The molecule has 0 aliphatic heterocycles. The predicted octanol–water partition coefficient (Wildman–Crippen LogP) is 15.1. The molecule has 9 aromatic carbocycles. The number of anilines is 3.